The molecule has 2 aromatic rings. The molecule has 4 heteroatoms. The van der Waals surface area contributed by atoms with Gasteiger partial charge in [-0.25, -0.2) is 17.6 Å². The van der Waals surface area contributed by atoms with Crippen LogP contribution in [-0.4, -0.2) is 0 Å². The molecular weight excluding hydrogens is 448 g/mol. The van der Waals surface area contributed by atoms with Crippen molar-refractivity contribution in [1.82, 2.24) is 0 Å². The van der Waals surface area contributed by atoms with Gasteiger partial charge in [0.05, 0.1) is 5.56 Å². The van der Waals surface area contributed by atoms with Gasteiger partial charge in [0.25, 0.3) is 0 Å². The molecule has 0 unspecified atom stereocenters. The Hall–Kier alpha value is -1.84. The van der Waals surface area contributed by atoms with Gasteiger partial charge in [0.15, 0.2) is 11.6 Å². The van der Waals surface area contributed by atoms with E-state index in [2.05, 4.69) is 6.92 Å². The molecule has 2 aromatic carbocycles. The quantitative estimate of drug-likeness (QED) is 0.243. The number of unbranched alkanes of at least 4 members (excludes halogenated alkanes) is 1. The second-order valence-electron chi connectivity index (χ2n) is 11.2. The number of rotatable bonds is 9. The van der Waals surface area contributed by atoms with Crippen LogP contribution in [0.2, 0.25) is 0 Å². The van der Waals surface area contributed by atoms with E-state index >= 15 is 0 Å². The zero-order valence-electron chi connectivity index (χ0n) is 21.1. The van der Waals surface area contributed by atoms with Gasteiger partial charge in [-0.2, -0.15) is 0 Å². The van der Waals surface area contributed by atoms with Gasteiger partial charge < -0.3 is 0 Å². The van der Waals surface area contributed by atoms with Gasteiger partial charge in [-0.05, 0) is 97.6 Å². The topological polar surface area (TPSA) is 0 Å². The molecule has 0 aromatic heterocycles. The van der Waals surface area contributed by atoms with Crippen molar-refractivity contribution in [3.05, 3.63) is 59.2 Å². The van der Waals surface area contributed by atoms with E-state index < -0.39 is 23.3 Å². The molecule has 0 N–H and O–H groups in total. The lowest BCUT2D eigenvalue weighted by Gasteiger charge is -2.38. The number of hydrogen-bond acceptors (Lipinski definition) is 0. The van der Waals surface area contributed by atoms with Crippen molar-refractivity contribution < 1.29 is 17.6 Å². The van der Waals surface area contributed by atoms with Crippen molar-refractivity contribution in [2.75, 3.05) is 0 Å². The molecule has 192 valence electrons. The van der Waals surface area contributed by atoms with Crippen LogP contribution in [0, 0.1) is 46.9 Å². The molecule has 35 heavy (non-hydrogen) atoms. The third-order valence-electron chi connectivity index (χ3n) is 8.78. The van der Waals surface area contributed by atoms with Crippen molar-refractivity contribution in [3.63, 3.8) is 0 Å². The van der Waals surface area contributed by atoms with Crippen LogP contribution in [0.5, 0.6) is 0 Å². The highest BCUT2D eigenvalue weighted by Gasteiger charge is 2.30. The average Bonchev–Trinajstić information content (AvgIpc) is 2.85. The van der Waals surface area contributed by atoms with Gasteiger partial charge in [0.1, 0.15) is 11.6 Å². The minimum atomic E-state index is -1.11. The normalized spacial score (nSPS) is 25.1. The van der Waals surface area contributed by atoms with E-state index in [0.717, 1.165) is 48.6 Å². The lowest BCUT2D eigenvalue weighted by molar-refractivity contribution is 0.140. The molecule has 0 radical (unpaired) electrons. The summed E-state index contributed by atoms with van der Waals surface area (Å²) in [7, 11) is 0. The summed E-state index contributed by atoms with van der Waals surface area (Å²) in [5.74, 6) is 0.0775. The molecular formula is C31H40F4. The SMILES string of the molecule is CCCC1CCC(C2CCC(CCCCc3cc(F)c(-c4ccc(F)c(F)c4)c(F)c3)CC2)CC1. The van der Waals surface area contributed by atoms with Crippen molar-refractivity contribution in [2.45, 2.75) is 96.8 Å². The van der Waals surface area contributed by atoms with E-state index in [9.17, 15) is 17.6 Å². The Bertz CT molecular complexity index is 929. The van der Waals surface area contributed by atoms with E-state index in [1.807, 2.05) is 0 Å². The number of halogens is 4. The van der Waals surface area contributed by atoms with Gasteiger partial charge in [0.2, 0.25) is 0 Å². The molecule has 0 saturated heterocycles. The summed E-state index contributed by atoms with van der Waals surface area (Å²) in [5.41, 5.74) is 0.326. The first-order valence-electron chi connectivity index (χ1n) is 13.9. The summed E-state index contributed by atoms with van der Waals surface area (Å²) in [6, 6.07) is 5.59. The van der Waals surface area contributed by atoms with Crippen LogP contribution < -0.4 is 0 Å². The average molecular weight is 489 g/mol. The second-order valence-corrected chi connectivity index (χ2v) is 11.2. The lowest BCUT2D eigenvalue weighted by Crippen LogP contribution is -2.25. The van der Waals surface area contributed by atoms with Gasteiger partial charge in [-0.15, -0.1) is 0 Å². The summed E-state index contributed by atoms with van der Waals surface area (Å²) < 4.78 is 55.9. The molecule has 2 fully saturated rings. The fraction of sp³-hybridized carbons (Fsp3) is 0.613. The minimum absolute atomic E-state index is 0.00931. The molecule has 0 spiro atoms. The van der Waals surface area contributed by atoms with Gasteiger partial charge in [0, 0.05) is 0 Å². The predicted molar refractivity (Wildman–Crippen MR) is 135 cm³/mol. The fourth-order valence-corrected chi connectivity index (χ4v) is 6.76. The zero-order chi connectivity index (χ0) is 24.8. The van der Waals surface area contributed by atoms with Gasteiger partial charge in [-0.1, -0.05) is 64.4 Å². The molecule has 0 bridgehead atoms. The van der Waals surface area contributed by atoms with Crippen LogP contribution in [-0.2, 0) is 6.42 Å². The Morgan fingerprint density at radius 2 is 1.20 bits per heavy atom. The van der Waals surface area contributed by atoms with Crippen LogP contribution in [0.4, 0.5) is 17.6 Å². The maximum atomic E-state index is 14.6. The van der Waals surface area contributed by atoms with Crippen molar-refractivity contribution in [3.8, 4) is 11.1 Å². The molecule has 0 aliphatic heterocycles. The molecule has 0 atom stereocenters. The smallest absolute Gasteiger partial charge is 0.159 e. The standard InChI is InChI=1S/C31H40F4/c1-2-5-21-8-12-24(13-9-21)25-14-10-22(11-15-25)6-3-4-7-23-18-29(34)31(30(35)19-23)26-16-17-27(32)28(33)20-26/h16-22,24-25H,2-15H2,1H3. The highest BCUT2D eigenvalue weighted by Crippen LogP contribution is 2.43. The van der Waals surface area contributed by atoms with Crippen molar-refractivity contribution in [1.29, 1.82) is 0 Å². The molecule has 2 aliphatic carbocycles. The Labute approximate surface area is 208 Å². The molecule has 2 aliphatic rings. The Morgan fingerprint density at radius 3 is 1.74 bits per heavy atom. The van der Waals surface area contributed by atoms with E-state index in [1.165, 1.54) is 88.8 Å². The highest BCUT2D eigenvalue weighted by molar-refractivity contribution is 5.65. The highest BCUT2D eigenvalue weighted by atomic mass is 19.2. The van der Waals surface area contributed by atoms with Crippen LogP contribution >= 0.6 is 0 Å². The first kappa shape index (κ1) is 26.2. The molecule has 0 nitrogen and oxygen atoms in total. The van der Waals surface area contributed by atoms with E-state index in [1.54, 1.807) is 0 Å². The van der Waals surface area contributed by atoms with E-state index in [4.69, 9.17) is 0 Å². The van der Waals surface area contributed by atoms with Crippen molar-refractivity contribution >= 4 is 0 Å². The Kier molecular flexibility index (Phi) is 9.30. The lowest BCUT2D eigenvalue weighted by atomic mass is 9.68. The van der Waals surface area contributed by atoms with Crippen LogP contribution in [0.15, 0.2) is 30.3 Å². The second kappa shape index (κ2) is 12.4. The van der Waals surface area contributed by atoms with Crippen LogP contribution in [0.1, 0.15) is 96.0 Å². The Morgan fingerprint density at radius 1 is 0.629 bits per heavy atom. The third kappa shape index (κ3) is 6.89. The summed E-state index contributed by atoms with van der Waals surface area (Å²) in [4.78, 5) is 0. The fourth-order valence-electron chi connectivity index (χ4n) is 6.76. The molecule has 0 heterocycles. The maximum absolute atomic E-state index is 14.6. The van der Waals surface area contributed by atoms with Crippen molar-refractivity contribution in [2.24, 2.45) is 23.7 Å². The number of benzene rings is 2. The summed E-state index contributed by atoms with van der Waals surface area (Å²) in [6.07, 6.45) is 17.8. The number of aryl methyl sites for hydroxylation is 1. The monoisotopic (exact) mass is 488 g/mol. The summed E-state index contributed by atoms with van der Waals surface area (Å²) in [5, 5.41) is 0. The van der Waals surface area contributed by atoms with Gasteiger partial charge >= 0.3 is 0 Å². The Balaban J connectivity index is 1.19. The minimum Gasteiger partial charge on any atom is -0.206 e. The summed E-state index contributed by atoms with van der Waals surface area (Å²) >= 11 is 0. The van der Waals surface area contributed by atoms with E-state index in [0.29, 0.717) is 12.0 Å². The van der Waals surface area contributed by atoms with E-state index in [-0.39, 0.29) is 11.1 Å². The largest absolute Gasteiger partial charge is 0.206 e. The predicted octanol–water partition coefficient (Wildman–Crippen LogP) is 10.0. The molecule has 0 amide bonds. The summed E-state index contributed by atoms with van der Waals surface area (Å²) in [6.45, 7) is 2.30. The molecule has 2 saturated carbocycles. The van der Waals surface area contributed by atoms with Gasteiger partial charge in [-0.3, -0.25) is 0 Å². The first-order valence-corrected chi connectivity index (χ1v) is 13.9. The third-order valence-corrected chi connectivity index (χ3v) is 8.78. The number of hydrogen-bond donors (Lipinski definition) is 0. The van der Waals surface area contributed by atoms with Crippen LogP contribution in [0.3, 0.4) is 0 Å². The van der Waals surface area contributed by atoms with Crippen LogP contribution in [0.25, 0.3) is 11.1 Å². The molecule has 4 rings (SSSR count). The first-order chi connectivity index (χ1) is 16.9. The zero-order valence-corrected chi connectivity index (χ0v) is 21.1. The maximum Gasteiger partial charge on any atom is 0.159 e.